The average Bonchev–Trinajstić information content (AvgIpc) is 3.03. The lowest BCUT2D eigenvalue weighted by atomic mass is 9.91. The van der Waals surface area contributed by atoms with Crippen LogP contribution in [0.1, 0.15) is 64.2 Å². The fourth-order valence-electron chi connectivity index (χ4n) is 6.57. The molecule has 2 heterocycles. The second-order valence-electron chi connectivity index (χ2n) is 9.62. The van der Waals surface area contributed by atoms with E-state index < -0.39 is 14.9 Å². The Balaban J connectivity index is 1.35. The predicted molar refractivity (Wildman–Crippen MR) is 117 cm³/mol. The molecule has 0 radical (unpaired) electrons. The van der Waals surface area contributed by atoms with Crippen molar-refractivity contribution in [2.24, 2.45) is 0 Å². The molecule has 2 aliphatic carbocycles. The summed E-state index contributed by atoms with van der Waals surface area (Å²) in [5.74, 6) is 0. The van der Waals surface area contributed by atoms with Gasteiger partial charge in [0.2, 0.25) is 14.9 Å². The number of rotatable bonds is 5. The molecule has 0 aromatic rings. The van der Waals surface area contributed by atoms with Gasteiger partial charge in [-0.2, -0.15) is 0 Å². The van der Waals surface area contributed by atoms with Gasteiger partial charge >= 0.3 is 0 Å². The van der Waals surface area contributed by atoms with Crippen LogP contribution in [0.3, 0.4) is 0 Å². The molecule has 0 aromatic heterocycles. The molecular formula is C20H40N4O2P2. The number of hydrogen-bond donors (Lipinski definition) is 0. The van der Waals surface area contributed by atoms with Crippen molar-refractivity contribution >= 4 is 14.9 Å². The summed E-state index contributed by atoms with van der Waals surface area (Å²) < 4.78 is 36.5. The summed E-state index contributed by atoms with van der Waals surface area (Å²) in [5.41, 5.74) is 0. The molecule has 4 atom stereocenters. The third-order valence-corrected chi connectivity index (χ3v) is 15.4. The van der Waals surface area contributed by atoms with Crippen LogP contribution in [0, 0.1) is 0 Å². The van der Waals surface area contributed by atoms with E-state index in [1.54, 1.807) is 0 Å². The normalized spacial score (nSPS) is 39.1. The van der Waals surface area contributed by atoms with E-state index in [1.807, 2.05) is 0 Å². The predicted octanol–water partition coefficient (Wildman–Crippen LogP) is 4.53. The molecule has 162 valence electrons. The molecule has 0 N–H and O–H groups in total. The summed E-state index contributed by atoms with van der Waals surface area (Å²) in [6.45, 7) is 0. The molecule has 4 rings (SSSR count). The first kappa shape index (κ1) is 21.5. The summed E-state index contributed by atoms with van der Waals surface area (Å²) >= 11 is 0. The van der Waals surface area contributed by atoms with Gasteiger partial charge in [0.05, 0.1) is 0 Å². The van der Waals surface area contributed by atoms with Gasteiger partial charge in [0, 0.05) is 36.5 Å². The maximum Gasteiger partial charge on any atom is 0.216 e. The first-order chi connectivity index (χ1) is 13.3. The third kappa shape index (κ3) is 3.31. The Morgan fingerprint density at radius 2 is 0.821 bits per heavy atom. The van der Waals surface area contributed by atoms with Crippen LogP contribution < -0.4 is 0 Å². The minimum atomic E-state index is -2.45. The van der Waals surface area contributed by atoms with Gasteiger partial charge in [-0.05, 0) is 66.7 Å². The smallest absolute Gasteiger partial charge is 0.216 e. The molecule has 2 aliphatic heterocycles. The number of hydrogen-bond acceptors (Lipinski definition) is 2. The lowest BCUT2D eigenvalue weighted by Gasteiger charge is -2.29. The number of nitrogens with zero attached hydrogens (tertiary/aromatic N) is 4. The Kier molecular flexibility index (Phi) is 6.22. The molecule has 8 heteroatoms. The van der Waals surface area contributed by atoms with Crippen molar-refractivity contribution in [3.8, 4) is 0 Å². The molecule has 0 unspecified atom stereocenters. The summed E-state index contributed by atoms with van der Waals surface area (Å²) in [4.78, 5) is 0. The first-order valence-corrected chi connectivity index (χ1v) is 15.0. The number of fused-ring (bicyclic) bond motifs is 2. The third-order valence-electron chi connectivity index (χ3n) is 8.43. The van der Waals surface area contributed by atoms with Crippen LogP contribution in [-0.2, 0) is 9.13 Å². The maximum atomic E-state index is 13.8. The van der Waals surface area contributed by atoms with Crippen molar-refractivity contribution in [2.75, 3.05) is 40.5 Å². The Bertz CT molecular complexity index is 575. The van der Waals surface area contributed by atoms with Gasteiger partial charge in [-0.1, -0.05) is 25.7 Å². The van der Waals surface area contributed by atoms with E-state index in [0.29, 0.717) is 24.2 Å². The molecule has 0 spiro atoms. The molecule has 0 amide bonds. The van der Waals surface area contributed by atoms with Gasteiger partial charge in [0.25, 0.3) is 0 Å². The lowest BCUT2D eigenvalue weighted by Crippen LogP contribution is -2.37. The van der Waals surface area contributed by atoms with Crippen LogP contribution >= 0.6 is 14.9 Å². The molecule has 0 aromatic carbocycles. The molecule has 2 saturated heterocycles. The fraction of sp³-hybridized carbons (Fsp3) is 1.00. The fourth-order valence-corrected chi connectivity index (χ4v) is 12.9. The molecule has 0 bridgehead atoms. The molecule has 2 saturated carbocycles. The highest BCUT2D eigenvalue weighted by atomic mass is 31.2. The minimum Gasteiger partial charge on any atom is -0.289 e. The number of unbranched alkanes of at least 4 members (excludes halogenated alkanes) is 1. The average molecular weight is 431 g/mol. The zero-order chi connectivity index (χ0) is 20.1. The van der Waals surface area contributed by atoms with Crippen molar-refractivity contribution in [1.29, 1.82) is 0 Å². The Labute approximate surface area is 171 Å². The van der Waals surface area contributed by atoms with Crippen LogP contribution in [0.15, 0.2) is 0 Å². The topological polar surface area (TPSA) is 47.1 Å². The standard InChI is InChI=1S/C20H40N4O2P2/c1-21-17-11-5-6-12-18(17)22(2)27(21,25)15-9-10-16-28(26)23(3)19-13-7-8-14-20(19)24(28)4/h17-20H,5-16H2,1-4H3/t17-,18-,19-,20-/m1/s1. The van der Waals surface area contributed by atoms with E-state index in [2.05, 4.69) is 46.9 Å². The van der Waals surface area contributed by atoms with Crippen LogP contribution in [0.2, 0.25) is 0 Å². The van der Waals surface area contributed by atoms with E-state index in [0.717, 1.165) is 25.2 Å². The highest BCUT2D eigenvalue weighted by Crippen LogP contribution is 2.64. The van der Waals surface area contributed by atoms with E-state index in [-0.39, 0.29) is 0 Å². The zero-order valence-corrected chi connectivity index (χ0v) is 20.1. The van der Waals surface area contributed by atoms with E-state index in [1.165, 1.54) is 51.4 Å². The highest BCUT2D eigenvalue weighted by molar-refractivity contribution is 7.59. The van der Waals surface area contributed by atoms with Gasteiger partial charge < -0.3 is 0 Å². The van der Waals surface area contributed by atoms with Gasteiger partial charge in [-0.25, -0.2) is 18.7 Å². The van der Waals surface area contributed by atoms with Gasteiger partial charge in [-0.15, -0.1) is 0 Å². The maximum absolute atomic E-state index is 13.8. The first-order valence-electron chi connectivity index (χ1n) is 11.4. The Hall–Kier alpha value is 0.300. The van der Waals surface area contributed by atoms with Gasteiger partial charge in [0.1, 0.15) is 0 Å². The lowest BCUT2D eigenvalue weighted by molar-refractivity contribution is 0.233. The molecule has 28 heavy (non-hydrogen) atoms. The minimum absolute atomic E-state index is 0.471. The van der Waals surface area contributed by atoms with Gasteiger partial charge in [-0.3, -0.25) is 9.13 Å². The summed E-state index contributed by atoms with van der Waals surface area (Å²) in [7, 11) is 3.43. The van der Waals surface area contributed by atoms with Crippen molar-refractivity contribution in [2.45, 2.75) is 88.4 Å². The largest absolute Gasteiger partial charge is 0.289 e. The Morgan fingerprint density at radius 3 is 1.07 bits per heavy atom. The van der Waals surface area contributed by atoms with E-state index in [4.69, 9.17) is 0 Å². The summed E-state index contributed by atoms with van der Waals surface area (Å²) in [6.07, 6.45) is 13.1. The summed E-state index contributed by atoms with van der Waals surface area (Å²) in [6, 6.07) is 1.88. The molecule has 6 nitrogen and oxygen atoms in total. The van der Waals surface area contributed by atoms with Crippen LogP contribution in [0.4, 0.5) is 0 Å². The van der Waals surface area contributed by atoms with Crippen molar-refractivity contribution < 1.29 is 9.13 Å². The van der Waals surface area contributed by atoms with Crippen LogP contribution in [0.25, 0.3) is 0 Å². The zero-order valence-electron chi connectivity index (χ0n) is 18.3. The molecular weight excluding hydrogens is 390 g/mol. The van der Waals surface area contributed by atoms with Crippen molar-refractivity contribution in [3.63, 3.8) is 0 Å². The second-order valence-corrected chi connectivity index (χ2v) is 15.7. The monoisotopic (exact) mass is 430 g/mol. The molecule has 4 aliphatic rings. The van der Waals surface area contributed by atoms with Crippen molar-refractivity contribution in [3.05, 3.63) is 0 Å². The van der Waals surface area contributed by atoms with E-state index in [9.17, 15) is 9.13 Å². The quantitative estimate of drug-likeness (QED) is 0.472. The molecule has 4 fully saturated rings. The van der Waals surface area contributed by atoms with E-state index >= 15 is 0 Å². The Morgan fingerprint density at radius 1 is 0.571 bits per heavy atom. The van der Waals surface area contributed by atoms with Crippen LogP contribution in [-0.4, -0.2) is 83.4 Å². The SMILES string of the molecule is CN1[C@@H]2CCCC[C@H]2N(C)P1(=O)CCCCP1(=O)N(C)[C@@H]2CCCC[C@H]2N1C. The number of likely N-dealkylation sites (N-methyl/N-ethyl adjacent to an activating group) is 4. The van der Waals surface area contributed by atoms with Gasteiger partial charge in [0.15, 0.2) is 0 Å². The highest BCUT2D eigenvalue weighted by Gasteiger charge is 2.52. The second kappa shape index (κ2) is 8.09. The van der Waals surface area contributed by atoms with Crippen molar-refractivity contribution in [1.82, 2.24) is 18.7 Å². The summed E-state index contributed by atoms with van der Waals surface area (Å²) in [5, 5.41) is 0. The van der Waals surface area contributed by atoms with Crippen LogP contribution in [0.5, 0.6) is 0 Å².